The molecule has 0 aliphatic rings. The van der Waals surface area contributed by atoms with E-state index < -0.39 is 16.6 Å². The fourth-order valence-corrected chi connectivity index (χ4v) is 1.85. The van der Waals surface area contributed by atoms with E-state index in [-0.39, 0.29) is 12.2 Å². The summed E-state index contributed by atoms with van der Waals surface area (Å²) in [7, 11) is 0. The predicted molar refractivity (Wildman–Crippen MR) is 71.5 cm³/mol. The normalized spacial score (nSPS) is 10.3. The van der Waals surface area contributed by atoms with Crippen molar-refractivity contribution in [2.75, 3.05) is 5.32 Å². The van der Waals surface area contributed by atoms with E-state index in [9.17, 15) is 18.9 Å². The Morgan fingerprint density at radius 2 is 1.80 bits per heavy atom. The summed E-state index contributed by atoms with van der Waals surface area (Å²) in [4.78, 5) is 10.4. The zero-order valence-corrected chi connectivity index (χ0v) is 10.7. The number of benzene rings is 2. The highest BCUT2D eigenvalue weighted by Crippen LogP contribution is 2.25. The van der Waals surface area contributed by atoms with Crippen molar-refractivity contribution in [2.24, 2.45) is 0 Å². The first-order chi connectivity index (χ1) is 9.45. The summed E-state index contributed by atoms with van der Waals surface area (Å²) in [5, 5.41) is 13.8. The number of rotatable bonds is 4. The van der Waals surface area contributed by atoms with E-state index in [0.717, 1.165) is 11.6 Å². The second-order valence-electron chi connectivity index (χ2n) is 4.41. The van der Waals surface area contributed by atoms with Gasteiger partial charge in [0.15, 0.2) is 0 Å². The van der Waals surface area contributed by atoms with Crippen LogP contribution in [-0.4, -0.2) is 4.92 Å². The third-order valence-electron chi connectivity index (χ3n) is 2.76. The van der Waals surface area contributed by atoms with Crippen molar-refractivity contribution < 1.29 is 13.7 Å². The summed E-state index contributed by atoms with van der Waals surface area (Å²) in [6.07, 6.45) is 0. The van der Waals surface area contributed by atoms with E-state index >= 15 is 0 Å². The molecule has 4 nitrogen and oxygen atoms in total. The second kappa shape index (κ2) is 5.64. The highest BCUT2D eigenvalue weighted by Gasteiger charge is 2.13. The largest absolute Gasteiger partial charge is 0.375 e. The monoisotopic (exact) mass is 278 g/mol. The van der Waals surface area contributed by atoms with Crippen LogP contribution < -0.4 is 5.32 Å². The number of hydrogen-bond acceptors (Lipinski definition) is 3. The molecule has 104 valence electrons. The average Bonchev–Trinajstić information content (AvgIpc) is 2.36. The molecule has 0 bridgehead atoms. The molecular formula is C14H12F2N2O2. The first kappa shape index (κ1) is 13.9. The molecule has 0 amide bonds. The molecule has 0 unspecified atom stereocenters. The maximum Gasteiger partial charge on any atom is 0.292 e. The van der Waals surface area contributed by atoms with Crippen LogP contribution in [0.15, 0.2) is 36.4 Å². The molecule has 0 atom stereocenters. The highest BCUT2D eigenvalue weighted by atomic mass is 19.1. The molecular weight excluding hydrogens is 266 g/mol. The Kier molecular flexibility index (Phi) is 3.93. The summed E-state index contributed by atoms with van der Waals surface area (Å²) >= 11 is 0. The summed E-state index contributed by atoms with van der Waals surface area (Å²) in [5.74, 6) is -1.36. The predicted octanol–water partition coefficient (Wildman–Crippen LogP) is 3.79. The van der Waals surface area contributed by atoms with Gasteiger partial charge in [-0.3, -0.25) is 10.1 Å². The minimum atomic E-state index is -0.680. The van der Waals surface area contributed by atoms with Crippen molar-refractivity contribution >= 4 is 11.4 Å². The number of nitro benzene ring substituents is 1. The Hall–Kier alpha value is -2.50. The minimum Gasteiger partial charge on any atom is -0.375 e. The van der Waals surface area contributed by atoms with Crippen LogP contribution in [0.2, 0.25) is 0 Å². The van der Waals surface area contributed by atoms with Crippen molar-refractivity contribution in [1.29, 1.82) is 0 Å². The minimum absolute atomic E-state index is 0.0677. The SMILES string of the molecule is Cc1ccc(NCc2cc(F)cc(F)c2)c([N+](=O)[O-])c1. The Morgan fingerprint density at radius 3 is 2.40 bits per heavy atom. The molecule has 0 aromatic heterocycles. The molecule has 0 fully saturated rings. The van der Waals surface area contributed by atoms with Crippen LogP contribution in [0.5, 0.6) is 0 Å². The molecule has 1 N–H and O–H groups in total. The topological polar surface area (TPSA) is 55.2 Å². The molecule has 2 rings (SSSR count). The van der Waals surface area contributed by atoms with Crippen molar-refractivity contribution in [3.63, 3.8) is 0 Å². The van der Waals surface area contributed by atoms with Gasteiger partial charge in [-0.15, -0.1) is 0 Å². The van der Waals surface area contributed by atoms with Gasteiger partial charge in [0.05, 0.1) is 4.92 Å². The fourth-order valence-electron chi connectivity index (χ4n) is 1.85. The Morgan fingerprint density at radius 1 is 1.15 bits per heavy atom. The van der Waals surface area contributed by atoms with Gasteiger partial charge in [0, 0.05) is 18.7 Å². The van der Waals surface area contributed by atoms with E-state index in [4.69, 9.17) is 0 Å². The zero-order valence-electron chi connectivity index (χ0n) is 10.7. The second-order valence-corrected chi connectivity index (χ2v) is 4.41. The molecule has 0 spiro atoms. The average molecular weight is 278 g/mol. The van der Waals surface area contributed by atoms with Crippen molar-refractivity contribution in [3.8, 4) is 0 Å². The fraction of sp³-hybridized carbons (Fsp3) is 0.143. The summed E-state index contributed by atoms with van der Waals surface area (Å²) in [6, 6.07) is 7.86. The lowest BCUT2D eigenvalue weighted by Crippen LogP contribution is -2.03. The van der Waals surface area contributed by atoms with Gasteiger partial charge < -0.3 is 5.32 Å². The standard InChI is InChI=1S/C14H12F2N2O2/c1-9-2-3-13(14(4-9)18(19)20)17-8-10-5-11(15)7-12(16)6-10/h2-7,17H,8H2,1H3. The molecule has 0 heterocycles. The van der Waals surface area contributed by atoms with E-state index in [0.29, 0.717) is 11.3 Å². The maximum absolute atomic E-state index is 13.0. The number of nitrogens with zero attached hydrogens (tertiary/aromatic N) is 1. The van der Waals surface area contributed by atoms with Crippen LogP contribution >= 0.6 is 0 Å². The molecule has 0 radical (unpaired) electrons. The third-order valence-corrected chi connectivity index (χ3v) is 2.76. The van der Waals surface area contributed by atoms with Gasteiger partial charge in [-0.1, -0.05) is 6.07 Å². The lowest BCUT2D eigenvalue weighted by Gasteiger charge is -2.08. The van der Waals surface area contributed by atoms with Gasteiger partial charge in [-0.2, -0.15) is 0 Å². The van der Waals surface area contributed by atoms with Crippen LogP contribution in [0.3, 0.4) is 0 Å². The van der Waals surface area contributed by atoms with Gasteiger partial charge in [0.1, 0.15) is 17.3 Å². The maximum atomic E-state index is 13.0. The van der Waals surface area contributed by atoms with Crippen molar-refractivity contribution in [3.05, 3.63) is 69.3 Å². The summed E-state index contributed by atoms with van der Waals surface area (Å²) in [5.41, 5.74) is 1.38. The van der Waals surface area contributed by atoms with Gasteiger partial charge in [0.25, 0.3) is 5.69 Å². The molecule has 20 heavy (non-hydrogen) atoms. The number of nitrogens with one attached hydrogen (secondary N) is 1. The Labute approximate surface area is 114 Å². The van der Waals surface area contributed by atoms with Crippen LogP contribution in [0, 0.1) is 28.7 Å². The zero-order chi connectivity index (χ0) is 14.7. The first-order valence-electron chi connectivity index (χ1n) is 5.89. The van der Waals surface area contributed by atoms with Crippen LogP contribution in [0.1, 0.15) is 11.1 Å². The van der Waals surface area contributed by atoms with Gasteiger partial charge in [-0.05, 0) is 36.2 Å². The Bertz CT molecular complexity index is 639. The number of hydrogen-bond donors (Lipinski definition) is 1. The molecule has 0 aliphatic carbocycles. The molecule has 0 saturated heterocycles. The molecule has 2 aromatic rings. The lowest BCUT2D eigenvalue weighted by molar-refractivity contribution is -0.384. The van der Waals surface area contributed by atoms with Crippen LogP contribution in [0.25, 0.3) is 0 Å². The number of halogens is 2. The quantitative estimate of drug-likeness (QED) is 0.683. The smallest absolute Gasteiger partial charge is 0.292 e. The molecule has 0 saturated carbocycles. The van der Waals surface area contributed by atoms with Gasteiger partial charge in [-0.25, -0.2) is 8.78 Å². The summed E-state index contributed by atoms with van der Waals surface area (Å²) < 4.78 is 26.1. The van der Waals surface area contributed by atoms with Crippen molar-refractivity contribution in [2.45, 2.75) is 13.5 Å². The van der Waals surface area contributed by atoms with Gasteiger partial charge in [0.2, 0.25) is 0 Å². The van der Waals surface area contributed by atoms with E-state index in [1.54, 1.807) is 19.1 Å². The van der Waals surface area contributed by atoms with Crippen molar-refractivity contribution in [1.82, 2.24) is 0 Å². The van der Waals surface area contributed by atoms with E-state index in [1.807, 2.05) is 0 Å². The summed E-state index contributed by atoms with van der Waals surface area (Å²) in [6.45, 7) is 1.84. The molecule has 6 heteroatoms. The lowest BCUT2D eigenvalue weighted by atomic mass is 10.1. The van der Waals surface area contributed by atoms with Crippen LogP contribution in [0.4, 0.5) is 20.2 Å². The van der Waals surface area contributed by atoms with Crippen LogP contribution in [-0.2, 0) is 6.54 Å². The molecule has 2 aromatic carbocycles. The number of nitro groups is 1. The van der Waals surface area contributed by atoms with Gasteiger partial charge >= 0.3 is 0 Å². The Balaban J connectivity index is 2.20. The first-order valence-corrected chi connectivity index (χ1v) is 5.89. The highest BCUT2D eigenvalue weighted by molar-refractivity contribution is 5.62. The number of aryl methyl sites for hydroxylation is 1. The molecule has 0 aliphatic heterocycles. The third kappa shape index (κ3) is 3.28. The van der Waals surface area contributed by atoms with E-state index in [1.165, 1.54) is 18.2 Å². The van der Waals surface area contributed by atoms with E-state index in [2.05, 4.69) is 5.32 Å². The number of anilines is 1.